The third-order valence-electron chi connectivity index (χ3n) is 7.01. The number of sulfonamides is 1. The molecular weight excluding hydrogens is 565 g/mol. The molecule has 0 aliphatic carbocycles. The zero-order valence-electron chi connectivity index (χ0n) is 23.2. The summed E-state index contributed by atoms with van der Waals surface area (Å²) in [6, 6.07) is 5.05. The van der Waals surface area contributed by atoms with Gasteiger partial charge in [0.2, 0.25) is 0 Å². The Balaban J connectivity index is 0.000000587. The second-order valence-electron chi connectivity index (χ2n) is 10.5. The number of nitrogens with one attached hydrogen (secondary N) is 1. The van der Waals surface area contributed by atoms with E-state index in [2.05, 4.69) is 19.5 Å². The molecule has 1 aromatic carbocycles. The van der Waals surface area contributed by atoms with E-state index in [-0.39, 0.29) is 16.1 Å². The fourth-order valence-corrected chi connectivity index (χ4v) is 6.93. The van der Waals surface area contributed by atoms with Crippen molar-refractivity contribution < 1.29 is 41.4 Å². The number of aliphatic carboxylic acids is 1. The van der Waals surface area contributed by atoms with Crippen molar-refractivity contribution in [3.8, 4) is 0 Å². The van der Waals surface area contributed by atoms with Gasteiger partial charge in [0, 0.05) is 25.8 Å². The summed E-state index contributed by atoms with van der Waals surface area (Å²) < 4.78 is 61.3. The molecule has 1 atom stereocenters. The van der Waals surface area contributed by atoms with Gasteiger partial charge in [0.05, 0.1) is 16.1 Å². The molecule has 226 valence electrons. The predicted molar refractivity (Wildman–Crippen MR) is 147 cm³/mol. The van der Waals surface area contributed by atoms with Gasteiger partial charge in [-0.2, -0.15) is 13.2 Å². The number of carboxylic acid groups (broad SMARTS) is 2. The molecule has 2 fully saturated rings. The molecule has 1 unspecified atom stereocenters. The molecule has 0 saturated carbocycles. The van der Waals surface area contributed by atoms with Crippen molar-refractivity contribution in [2.24, 2.45) is 5.92 Å². The summed E-state index contributed by atoms with van der Waals surface area (Å²) in [6.07, 6.45) is 0.838. The zero-order valence-corrected chi connectivity index (χ0v) is 24.0. The summed E-state index contributed by atoms with van der Waals surface area (Å²) in [5.41, 5.74) is 2.45. The number of aromatic carboxylic acids is 1. The third kappa shape index (κ3) is 8.55. The van der Waals surface area contributed by atoms with Crippen molar-refractivity contribution in [3.63, 3.8) is 0 Å². The number of hydrogen-bond acceptors (Lipinski definition) is 7. The number of aryl methyl sites for hydroxylation is 3. The lowest BCUT2D eigenvalue weighted by Crippen LogP contribution is -2.41. The van der Waals surface area contributed by atoms with E-state index in [4.69, 9.17) is 9.90 Å². The van der Waals surface area contributed by atoms with E-state index in [1.807, 2.05) is 19.1 Å². The number of anilines is 2. The first kappa shape index (κ1) is 32.1. The lowest BCUT2D eigenvalue weighted by atomic mass is 9.97. The van der Waals surface area contributed by atoms with E-state index in [1.165, 1.54) is 25.1 Å². The molecule has 3 heterocycles. The minimum Gasteiger partial charge on any atom is -0.478 e. The molecule has 14 heteroatoms. The summed E-state index contributed by atoms with van der Waals surface area (Å²) in [5, 5.41) is 16.6. The zero-order chi connectivity index (χ0) is 30.5. The Morgan fingerprint density at radius 3 is 2.15 bits per heavy atom. The van der Waals surface area contributed by atoms with Gasteiger partial charge in [-0.15, -0.1) is 0 Å². The van der Waals surface area contributed by atoms with Crippen LogP contribution in [0.15, 0.2) is 29.3 Å². The first-order valence-corrected chi connectivity index (χ1v) is 14.7. The second kappa shape index (κ2) is 13.1. The monoisotopic (exact) mass is 600 g/mol. The van der Waals surface area contributed by atoms with Crippen LogP contribution in [0, 0.1) is 26.7 Å². The minimum absolute atomic E-state index is 0.0515. The van der Waals surface area contributed by atoms with Crippen LogP contribution in [0.4, 0.5) is 24.7 Å². The van der Waals surface area contributed by atoms with Crippen LogP contribution in [0.2, 0.25) is 0 Å². The van der Waals surface area contributed by atoms with Crippen molar-refractivity contribution in [1.82, 2.24) is 9.88 Å². The number of carboxylic acids is 2. The van der Waals surface area contributed by atoms with Crippen molar-refractivity contribution in [2.45, 2.75) is 57.5 Å². The summed E-state index contributed by atoms with van der Waals surface area (Å²) in [7, 11) is -3.95. The van der Waals surface area contributed by atoms with E-state index < -0.39 is 28.1 Å². The van der Waals surface area contributed by atoms with E-state index in [9.17, 15) is 31.5 Å². The van der Waals surface area contributed by atoms with Gasteiger partial charge in [-0.3, -0.25) is 4.72 Å². The summed E-state index contributed by atoms with van der Waals surface area (Å²) >= 11 is 0. The Hall–Kier alpha value is -3.39. The smallest absolute Gasteiger partial charge is 0.478 e. The van der Waals surface area contributed by atoms with Gasteiger partial charge in [-0.05, 0) is 82.7 Å². The van der Waals surface area contributed by atoms with E-state index in [1.54, 1.807) is 13.8 Å². The maximum absolute atomic E-state index is 13.5. The van der Waals surface area contributed by atoms with Gasteiger partial charge in [0.1, 0.15) is 0 Å². The van der Waals surface area contributed by atoms with Crippen molar-refractivity contribution in [1.29, 1.82) is 0 Å². The van der Waals surface area contributed by atoms with Crippen molar-refractivity contribution in [2.75, 3.05) is 42.3 Å². The summed E-state index contributed by atoms with van der Waals surface area (Å²) in [5.74, 6) is -2.94. The molecule has 4 rings (SSSR count). The SMILES string of the molecule is Cc1cc(C)c(S(=O)(=O)Nc2cc(C(=O)O)cnc2N2CCCC(CN3CCCC3)C2)c(C)c1.O=C(O)C(F)(F)F. The van der Waals surface area contributed by atoms with Crippen LogP contribution in [-0.2, 0) is 14.8 Å². The van der Waals surface area contributed by atoms with E-state index in [0.717, 1.165) is 51.1 Å². The number of hydrogen-bond donors (Lipinski definition) is 3. The Morgan fingerprint density at radius 1 is 1.02 bits per heavy atom. The highest BCUT2D eigenvalue weighted by atomic mass is 32.2. The number of pyridine rings is 1. The topological polar surface area (TPSA) is 140 Å². The third-order valence-corrected chi connectivity index (χ3v) is 8.68. The highest BCUT2D eigenvalue weighted by Crippen LogP contribution is 2.32. The molecule has 3 N–H and O–H groups in total. The predicted octanol–water partition coefficient (Wildman–Crippen LogP) is 4.45. The number of carbonyl (C=O) groups is 2. The van der Waals surface area contributed by atoms with Crippen LogP contribution in [0.5, 0.6) is 0 Å². The number of nitrogens with zero attached hydrogens (tertiary/aromatic N) is 3. The Labute approximate surface area is 237 Å². The van der Waals surface area contributed by atoms with Crippen LogP contribution < -0.4 is 9.62 Å². The Bertz CT molecular complexity index is 1350. The molecule has 2 saturated heterocycles. The number of likely N-dealkylation sites (tertiary alicyclic amines) is 1. The molecule has 1 aromatic heterocycles. The summed E-state index contributed by atoms with van der Waals surface area (Å²) in [4.78, 5) is 29.8. The molecule has 2 aliphatic heterocycles. The van der Waals surface area contributed by atoms with Gasteiger partial charge >= 0.3 is 18.1 Å². The molecule has 0 spiro atoms. The first-order valence-electron chi connectivity index (χ1n) is 13.2. The molecule has 2 aromatic rings. The van der Waals surface area contributed by atoms with Gasteiger partial charge in [0.25, 0.3) is 10.0 Å². The fraction of sp³-hybridized carbons (Fsp3) is 0.519. The van der Waals surface area contributed by atoms with Gasteiger partial charge in [-0.1, -0.05) is 17.7 Å². The lowest BCUT2D eigenvalue weighted by molar-refractivity contribution is -0.192. The van der Waals surface area contributed by atoms with Crippen molar-refractivity contribution in [3.05, 3.63) is 46.6 Å². The number of alkyl halides is 3. The lowest BCUT2D eigenvalue weighted by Gasteiger charge is -2.36. The van der Waals surface area contributed by atoms with Gasteiger partial charge in [0.15, 0.2) is 5.82 Å². The van der Waals surface area contributed by atoms with Gasteiger partial charge in [-0.25, -0.2) is 23.0 Å². The second-order valence-corrected chi connectivity index (χ2v) is 12.1. The number of piperidine rings is 1. The maximum Gasteiger partial charge on any atom is 0.490 e. The van der Waals surface area contributed by atoms with Crippen LogP contribution >= 0.6 is 0 Å². The first-order chi connectivity index (χ1) is 19.1. The van der Waals surface area contributed by atoms with E-state index in [0.29, 0.717) is 22.9 Å². The van der Waals surface area contributed by atoms with Gasteiger partial charge < -0.3 is 20.0 Å². The maximum atomic E-state index is 13.5. The van der Waals surface area contributed by atoms with Crippen LogP contribution in [0.25, 0.3) is 0 Å². The number of halogens is 3. The standard InChI is InChI=1S/C25H34N4O4S.C2HF3O2/c1-17-11-18(2)23(19(3)12-17)34(32,33)27-22-13-21(25(30)31)14-26-24(22)29-10-6-7-20(16-29)15-28-8-4-5-9-28;3-2(4,5)1(6)7/h11-14,20,27H,4-10,15-16H2,1-3H3,(H,30,31);(H,6,7). The molecule has 2 aliphatic rings. The fourth-order valence-electron chi connectivity index (χ4n) is 5.42. The number of aromatic nitrogens is 1. The molecule has 41 heavy (non-hydrogen) atoms. The molecule has 0 amide bonds. The number of rotatable bonds is 7. The van der Waals surface area contributed by atoms with Crippen LogP contribution in [0.3, 0.4) is 0 Å². The largest absolute Gasteiger partial charge is 0.490 e. The highest BCUT2D eigenvalue weighted by Gasteiger charge is 2.38. The Morgan fingerprint density at radius 2 is 1.61 bits per heavy atom. The van der Waals surface area contributed by atoms with Crippen molar-refractivity contribution >= 4 is 33.5 Å². The minimum atomic E-state index is -5.08. The van der Waals surface area contributed by atoms with Crippen LogP contribution in [0.1, 0.15) is 52.7 Å². The summed E-state index contributed by atoms with van der Waals surface area (Å²) in [6.45, 7) is 10.3. The Kier molecular flexibility index (Phi) is 10.2. The molecule has 10 nitrogen and oxygen atoms in total. The molecule has 0 bridgehead atoms. The quantitative estimate of drug-likeness (QED) is 0.420. The van der Waals surface area contributed by atoms with E-state index >= 15 is 0 Å². The normalized spacial score (nSPS) is 18.0. The average Bonchev–Trinajstić information content (AvgIpc) is 3.36. The number of benzene rings is 1. The highest BCUT2D eigenvalue weighted by molar-refractivity contribution is 7.92. The molecular formula is C27H35F3N4O6S. The van der Waals surface area contributed by atoms with Crippen LogP contribution in [-0.4, -0.2) is 79.4 Å². The molecule has 0 radical (unpaired) electrons. The average molecular weight is 601 g/mol.